The topological polar surface area (TPSA) is 80.2 Å². The summed E-state index contributed by atoms with van der Waals surface area (Å²) in [5.41, 5.74) is 2.71. The predicted molar refractivity (Wildman–Crippen MR) is 81.1 cm³/mol. The standard InChI is InChI=1S/C14H19N4O2/c1-17(2)9-3-7-15-13-6-8-16-14-10-11(18(19)20)4-5-12(13)14/h4-6,8,10,15-16H,3,7,9H2,1-2H3/q-1. The van der Waals surface area contributed by atoms with E-state index >= 15 is 0 Å². The van der Waals surface area contributed by atoms with Gasteiger partial charge in [0.05, 0.1) is 5.69 Å². The summed E-state index contributed by atoms with van der Waals surface area (Å²) in [6, 6.07) is 6.81. The van der Waals surface area contributed by atoms with Crippen LogP contribution in [0.5, 0.6) is 0 Å². The Hall–Kier alpha value is -2.21. The third kappa shape index (κ3) is 3.42. The molecule has 0 saturated carbocycles. The van der Waals surface area contributed by atoms with E-state index in [2.05, 4.69) is 15.2 Å². The Bertz CT molecular complexity index is 602. The number of fused-ring (bicyclic) bond motifs is 1. The number of pyridine rings is 1. The van der Waals surface area contributed by atoms with Crippen molar-refractivity contribution in [1.82, 2.24) is 14.8 Å². The highest BCUT2D eigenvalue weighted by atomic mass is 16.8. The molecule has 6 nitrogen and oxygen atoms in total. The van der Waals surface area contributed by atoms with Gasteiger partial charge in [0.2, 0.25) is 5.36 Å². The largest absolute Gasteiger partial charge is 0.612 e. The number of aromatic nitrogens is 1. The molecule has 2 N–H and O–H groups in total. The molecule has 0 amide bonds. The number of aromatic amines is 1. The van der Waals surface area contributed by atoms with Crippen LogP contribution in [-0.4, -0.2) is 37.1 Å². The maximum absolute atomic E-state index is 10.8. The van der Waals surface area contributed by atoms with Crippen molar-refractivity contribution in [2.24, 2.45) is 0 Å². The van der Waals surface area contributed by atoms with E-state index in [9.17, 15) is 10.4 Å². The second-order valence-corrected chi connectivity index (χ2v) is 4.96. The molecule has 1 aliphatic heterocycles. The van der Waals surface area contributed by atoms with Crippen molar-refractivity contribution in [3.05, 3.63) is 46.2 Å². The summed E-state index contributed by atoms with van der Waals surface area (Å²) in [6.45, 7) is 1.89. The first-order valence-electron chi connectivity index (χ1n) is 6.55. The molecule has 2 aliphatic rings. The molecule has 0 radical (unpaired) electrons. The zero-order chi connectivity index (χ0) is 14.5. The van der Waals surface area contributed by atoms with E-state index in [1.807, 2.05) is 20.2 Å². The average Bonchev–Trinajstić information content (AvgIpc) is 2.42. The molecule has 0 aromatic rings. The summed E-state index contributed by atoms with van der Waals surface area (Å²) in [5.74, 6) is 0. The lowest BCUT2D eigenvalue weighted by molar-refractivity contribution is 0.405. The van der Waals surface area contributed by atoms with Crippen LogP contribution in [0.25, 0.3) is 11.3 Å². The second kappa shape index (κ2) is 6.29. The SMILES string of the molecule is CN(C)CCCNc1cc[nH]c2cc(=[N+]([O-])[O-])ccc1-2. The molecule has 1 heterocycles. The van der Waals surface area contributed by atoms with Crippen LogP contribution in [0.2, 0.25) is 0 Å². The van der Waals surface area contributed by atoms with Crippen LogP contribution in [0, 0.1) is 10.4 Å². The second-order valence-electron chi connectivity index (χ2n) is 4.96. The van der Waals surface area contributed by atoms with Gasteiger partial charge in [-0.25, -0.2) is 0 Å². The van der Waals surface area contributed by atoms with Crippen molar-refractivity contribution in [2.45, 2.75) is 6.42 Å². The Morgan fingerprint density at radius 1 is 1.25 bits per heavy atom. The van der Waals surface area contributed by atoms with E-state index in [1.54, 1.807) is 18.3 Å². The van der Waals surface area contributed by atoms with Crippen LogP contribution in [0.15, 0.2) is 30.5 Å². The third-order valence-electron chi connectivity index (χ3n) is 3.09. The van der Waals surface area contributed by atoms with E-state index < -0.39 is 0 Å². The maximum atomic E-state index is 10.8. The van der Waals surface area contributed by atoms with Gasteiger partial charge >= 0.3 is 0 Å². The Balaban J connectivity index is 2.17. The molecule has 0 atom stereocenters. The molecule has 0 fully saturated rings. The molecule has 108 valence electrons. The highest BCUT2D eigenvalue weighted by Crippen LogP contribution is 2.25. The summed E-state index contributed by atoms with van der Waals surface area (Å²) >= 11 is 0. The van der Waals surface area contributed by atoms with Crippen molar-refractivity contribution in [1.29, 1.82) is 0 Å². The fourth-order valence-electron chi connectivity index (χ4n) is 2.08. The van der Waals surface area contributed by atoms with Crippen molar-refractivity contribution in [3.8, 4) is 11.3 Å². The molecule has 0 aromatic carbocycles. The first-order chi connectivity index (χ1) is 9.58. The summed E-state index contributed by atoms with van der Waals surface area (Å²) in [4.78, 5) is 4.80. The lowest BCUT2D eigenvalue weighted by Crippen LogP contribution is -2.19. The van der Waals surface area contributed by atoms with Gasteiger partial charge in [-0.15, -0.1) is 0 Å². The zero-order valence-corrected chi connectivity index (χ0v) is 11.7. The summed E-state index contributed by atoms with van der Waals surface area (Å²) in [5, 5.41) is 25.0. The van der Waals surface area contributed by atoms with Crippen molar-refractivity contribution < 1.29 is 0 Å². The predicted octanol–water partition coefficient (Wildman–Crippen LogP) is 1.25. The smallest absolute Gasteiger partial charge is 0.224 e. The van der Waals surface area contributed by atoms with Crippen molar-refractivity contribution >= 4 is 5.69 Å². The number of benzene rings is 1. The normalized spacial score (nSPS) is 10.9. The molecule has 0 aromatic heterocycles. The number of H-pyrrole nitrogens is 1. The fourth-order valence-corrected chi connectivity index (χ4v) is 2.08. The molecule has 0 spiro atoms. The first-order valence-corrected chi connectivity index (χ1v) is 6.55. The molecular weight excluding hydrogens is 256 g/mol. The van der Waals surface area contributed by atoms with E-state index in [0.29, 0.717) is 0 Å². The van der Waals surface area contributed by atoms with Crippen LogP contribution in [0.1, 0.15) is 6.42 Å². The number of hydrogen-bond acceptors (Lipinski definition) is 4. The maximum Gasteiger partial charge on any atom is 0.224 e. The number of nitrogens with one attached hydrogen (secondary N) is 2. The zero-order valence-electron chi connectivity index (χ0n) is 11.7. The van der Waals surface area contributed by atoms with Crippen LogP contribution in [-0.2, 0) is 0 Å². The number of nitrogens with zero attached hydrogens (tertiary/aromatic N) is 2. The minimum Gasteiger partial charge on any atom is -0.612 e. The monoisotopic (exact) mass is 275 g/mol. The summed E-state index contributed by atoms with van der Waals surface area (Å²) in [6.07, 6.45) is 2.83. The van der Waals surface area contributed by atoms with Gasteiger partial charge in [0.1, 0.15) is 0 Å². The molecular formula is C14H19N4O2-. The van der Waals surface area contributed by atoms with E-state index in [4.69, 9.17) is 0 Å². The van der Waals surface area contributed by atoms with Gasteiger partial charge in [0.25, 0.3) is 0 Å². The Morgan fingerprint density at radius 3 is 2.75 bits per heavy atom. The van der Waals surface area contributed by atoms with Gasteiger partial charge in [-0.2, -0.15) is 4.90 Å². The minimum absolute atomic E-state index is 0.0958. The Morgan fingerprint density at radius 2 is 2.05 bits per heavy atom. The molecule has 2 rings (SSSR count). The van der Waals surface area contributed by atoms with Crippen LogP contribution < -0.4 is 15.6 Å². The molecule has 0 unspecified atom stereocenters. The lowest BCUT2D eigenvalue weighted by Gasteiger charge is -2.15. The number of anilines is 1. The van der Waals surface area contributed by atoms with E-state index in [0.717, 1.165) is 36.5 Å². The Kier molecular flexibility index (Phi) is 4.47. The molecule has 0 bridgehead atoms. The third-order valence-corrected chi connectivity index (χ3v) is 3.09. The van der Waals surface area contributed by atoms with Gasteiger partial charge in [-0.3, -0.25) is 0 Å². The summed E-state index contributed by atoms with van der Waals surface area (Å²) < 4.78 is 0. The molecule has 1 aliphatic carbocycles. The van der Waals surface area contributed by atoms with Crippen molar-refractivity contribution in [2.75, 3.05) is 32.5 Å². The van der Waals surface area contributed by atoms with Gasteiger partial charge < -0.3 is 25.6 Å². The lowest BCUT2D eigenvalue weighted by atomic mass is 10.1. The van der Waals surface area contributed by atoms with E-state index in [1.165, 1.54) is 6.07 Å². The van der Waals surface area contributed by atoms with Crippen molar-refractivity contribution in [3.63, 3.8) is 0 Å². The number of rotatable bonds is 5. The van der Waals surface area contributed by atoms with Gasteiger partial charge in [-0.1, -0.05) is 0 Å². The van der Waals surface area contributed by atoms with Crippen LogP contribution >= 0.6 is 0 Å². The van der Waals surface area contributed by atoms with E-state index in [-0.39, 0.29) is 10.3 Å². The number of hydrogen-bond donors (Lipinski definition) is 2. The molecule has 0 saturated heterocycles. The quantitative estimate of drug-likeness (QED) is 0.635. The first kappa shape index (κ1) is 14.2. The Labute approximate surface area is 117 Å². The molecule has 6 heteroatoms. The van der Waals surface area contributed by atoms with Gasteiger partial charge in [0, 0.05) is 36.1 Å². The highest BCUT2D eigenvalue weighted by molar-refractivity contribution is 5.76. The van der Waals surface area contributed by atoms with Gasteiger partial charge in [-0.05, 0) is 39.2 Å². The minimum atomic E-state index is -0.384. The average molecular weight is 275 g/mol. The van der Waals surface area contributed by atoms with Crippen LogP contribution in [0.4, 0.5) is 5.69 Å². The highest BCUT2D eigenvalue weighted by Gasteiger charge is 2.08. The molecule has 20 heavy (non-hydrogen) atoms. The van der Waals surface area contributed by atoms with Crippen LogP contribution in [0.3, 0.4) is 0 Å². The van der Waals surface area contributed by atoms with Gasteiger partial charge in [0.15, 0.2) is 0 Å². The summed E-state index contributed by atoms with van der Waals surface area (Å²) in [7, 11) is 4.10. The fraction of sp³-hybridized carbons (Fsp3) is 0.357.